The van der Waals surface area contributed by atoms with Crippen molar-refractivity contribution in [2.24, 2.45) is 46.3 Å². The third-order valence-electron chi connectivity index (χ3n) is 12.8. The molecule has 0 aromatic heterocycles. The number of ether oxygens (including phenoxy) is 2. The normalized spacial score (nSPS) is 51.1. The zero-order valence-corrected chi connectivity index (χ0v) is 25.0. The molecule has 1 aliphatic heterocycles. The molecule has 0 radical (unpaired) electrons. The summed E-state index contributed by atoms with van der Waals surface area (Å²) >= 11 is 0. The maximum atomic E-state index is 10.5. The van der Waals surface area contributed by atoms with Crippen molar-refractivity contribution in [1.29, 1.82) is 0 Å². The van der Waals surface area contributed by atoms with Gasteiger partial charge in [-0.1, -0.05) is 20.8 Å². The highest BCUT2D eigenvalue weighted by Gasteiger charge is 2.61. The molecule has 5 aliphatic rings. The molecular weight excluding hydrogens is 496 g/mol. The van der Waals surface area contributed by atoms with Crippen LogP contribution in [-0.2, 0) is 9.47 Å². The highest BCUT2D eigenvalue weighted by Crippen LogP contribution is 2.68. The van der Waals surface area contributed by atoms with Crippen LogP contribution >= 0.6 is 0 Å². The molecular formula is C32H56O7. The van der Waals surface area contributed by atoms with Crippen molar-refractivity contribution in [3.8, 4) is 0 Å². The summed E-state index contributed by atoms with van der Waals surface area (Å²) in [5.74, 6) is 4.37. The van der Waals surface area contributed by atoms with Crippen LogP contribution in [0.4, 0.5) is 0 Å². The first kappa shape index (κ1) is 30.2. The summed E-state index contributed by atoms with van der Waals surface area (Å²) in [6.07, 6.45) is 6.70. The van der Waals surface area contributed by atoms with E-state index in [1.54, 1.807) is 0 Å². The fourth-order valence-electron chi connectivity index (χ4n) is 10.5. The van der Waals surface area contributed by atoms with Gasteiger partial charge in [-0.15, -0.1) is 0 Å². The van der Waals surface area contributed by atoms with Crippen molar-refractivity contribution in [2.45, 2.75) is 148 Å². The summed E-state index contributed by atoms with van der Waals surface area (Å²) in [7, 11) is 0. The molecule has 5 rings (SSSR count). The molecule has 0 aromatic carbocycles. The summed E-state index contributed by atoms with van der Waals surface area (Å²) in [5.41, 5.74) is 0.153. The number of hydrogen-bond acceptors (Lipinski definition) is 7. The average molecular weight is 553 g/mol. The molecule has 39 heavy (non-hydrogen) atoms. The van der Waals surface area contributed by atoms with E-state index in [2.05, 4.69) is 20.8 Å². The number of aliphatic hydroxyl groups is 5. The van der Waals surface area contributed by atoms with E-state index in [0.29, 0.717) is 22.7 Å². The first-order valence-corrected chi connectivity index (χ1v) is 16.0. The lowest BCUT2D eigenvalue weighted by molar-refractivity contribution is -0.316. The standard InChI is InChI=1S/C32H56O7/c1-18(10-13-30(2,3)37)22-8-9-23-21-7-6-19-16-20(11-14-31(19,4)24(21)12-15-32(22,23)5)38-29-28(36)27(35)26(34)25(17-33)39-29/h18-29,33-37H,6-17H2,1-5H3/t18-,19-,20-,21+,22-,23+,24+,25-,26-,27+,28-,29-,31+,32-/m1/s1. The van der Waals surface area contributed by atoms with Crippen molar-refractivity contribution in [1.82, 2.24) is 0 Å². The van der Waals surface area contributed by atoms with Crippen molar-refractivity contribution in [2.75, 3.05) is 6.61 Å². The zero-order valence-electron chi connectivity index (χ0n) is 25.0. The fraction of sp³-hybridized carbons (Fsp3) is 1.00. The first-order valence-electron chi connectivity index (χ1n) is 16.0. The molecule has 1 heterocycles. The third-order valence-corrected chi connectivity index (χ3v) is 12.8. The average Bonchev–Trinajstić information content (AvgIpc) is 3.24. The lowest BCUT2D eigenvalue weighted by Gasteiger charge is -2.61. The topological polar surface area (TPSA) is 120 Å². The molecule has 4 aliphatic carbocycles. The van der Waals surface area contributed by atoms with E-state index in [1.165, 1.54) is 38.5 Å². The quantitative estimate of drug-likeness (QED) is 0.303. The Morgan fingerprint density at radius 2 is 1.59 bits per heavy atom. The predicted octanol–water partition coefficient (Wildman–Crippen LogP) is 4.02. The Morgan fingerprint density at radius 3 is 2.28 bits per heavy atom. The van der Waals surface area contributed by atoms with Gasteiger partial charge in [0.2, 0.25) is 0 Å². The van der Waals surface area contributed by atoms with Crippen LogP contribution in [0.5, 0.6) is 0 Å². The summed E-state index contributed by atoms with van der Waals surface area (Å²) < 4.78 is 11.9. The Hall–Kier alpha value is -0.280. The molecule has 0 amide bonds. The van der Waals surface area contributed by atoms with Gasteiger partial charge in [-0.3, -0.25) is 0 Å². The van der Waals surface area contributed by atoms with Gasteiger partial charge in [0.05, 0.1) is 18.3 Å². The van der Waals surface area contributed by atoms with Crippen molar-refractivity contribution >= 4 is 0 Å². The summed E-state index contributed by atoms with van der Waals surface area (Å²) in [6, 6.07) is 0. The van der Waals surface area contributed by atoms with Gasteiger partial charge in [0.25, 0.3) is 0 Å². The van der Waals surface area contributed by atoms with Crippen LogP contribution in [-0.4, -0.2) is 74.6 Å². The van der Waals surface area contributed by atoms with E-state index >= 15 is 0 Å². The number of rotatable bonds is 7. The minimum atomic E-state index is -1.39. The largest absolute Gasteiger partial charge is 0.394 e. The SMILES string of the molecule is C[C@H](CCC(C)(C)O)[C@H]1CC[C@H]2[C@@H]3CC[C@@H]4C[C@H](O[C@@H]5O[C@H](CO)[C@@H](O)[C@H](O)[C@H]5O)CC[C@]4(C)[C@H]3CC[C@]12C. The lowest BCUT2D eigenvalue weighted by Crippen LogP contribution is -2.60. The van der Waals surface area contributed by atoms with E-state index in [1.807, 2.05) is 13.8 Å². The molecule has 4 saturated carbocycles. The summed E-state index contributed by atoms with van der Waals surface area (Å²) in [5, 5.41) is 50.6. The van der Waals surface area contributed by atoms with Gasteiger partial charge >= 0.3 is 0 Å². The van der Waals surface area contributed by atoms with Crippen molar-refractivity contribution in [3.05, 3.63) is 0 Å². The van der Waals surface area contributed by atoms with Gasteiger partial charge in [0.1, 0.15) is 24.4 Å². The molecule has 0 aromatic rings. The molecule has 7 nitrogen and oxygen atoms in total. The van der Waals surface area contributed by atoms with Crippen LogP contribution in [0.15, 0.2) is 0 Å². The van der Waals surface area contributed by atoms with Crippen LogP contribution in [0.1, 0.15) is 105 Å². The van der Waals surface area contributed by atoms with Crippen LogP contribution in [0, 0.1) is 46.3 Å². The van der Waals surface area contributed by atoms with Gasteiger partial charge in [-0.05, 0) is 131 Å². The molecule has 7 heteroatoms. The highest BCUT2D eigenvalue weighted by molar-refractivity contribution is 5.10. The molecule has 0 unspecified atom stereocenters. The van der Waals surface area contributed by atoms with Crippen LogP contribution in [0.2, 0.25) is 0 Å². The summed E-state index contributed by atoms with van der Waals surface area (Å²) in [6.45, 7) is 11.0. The molecule has 1 saturated heterocycles. The molecule has 0 spiro atoms. The second kappa shape index (κ2) is 11.1. The van der Waals surface area contributed by atoms with Gasteiger partial charge in [-0.2, -0.15) is 0 Å². The molecule has 14 atom stereocenters. The molecule has 0 bridgehead atoms. The second-order valence-corrected chi connectivity index (χ2v) is 15.4. The minimum Gasteiger partial charge on any atom is -0.394 e. The highest BCUT2D eigenvalue weighted by atomic mass is 16.7. The zero-order chi connectivity index (χ0) is 28.3. The van der Waals surface area contributed by atoms with Gasteiger partial charge in [0.15, 0.2) is 6.29 Å². The van der Waals surface area contributed by atoms with Gasteiger partial charge < -0.3 is 35.0 Å². The maximum absolute atomic E-state index is 10.5. The van der Waals surface area contributed by atoms with Crippen molar-refractivity contribution in [3.63, 3.8) is 0 Å². The van der Waals surface area contributed by atoms with E-state index in [9.17, 15) is 25.5 Å². The number of aliphatic hydroxyl groups excluding tert-OH is 4. The Labute approximate surface area is 235 Å². The molecule has 5 fully saturated rings. The Bertz CT molecular complexity index is 843. The third kappa shape index (κ3) is 5.48. The Kier molecular flexibility index (Phi) is 8.58. The molecule has 226 valence electrons. The first-order chi connectivity index (χ1) is 18.3. The monoisotopic (exact) mass is 552 g/mol. The fourth-order valence-corrected chi connectivity index (χ4v) is 10.5. The van der Waals surface area contributed by atoms with E-state index < -0.39 is 42.9 Å². The number of fused-ring (bicyclic) bond motifs is 5. The number of hydrogen-bond donors (Lipinski definition) is 5. The lowest BCUT2D eigenvalue weighted by atomic mass is 9.44. The molecule has 5 N–H and O–H groups in total. The Morgan fingerprint density at radius 1 is 0.897 bits per heavy atom. The van der Waals surface area contributed by atoms with Gasteiger partial charge in [-0.25, -0.2) is 0 Å². The predicted molar refractivity (Wildman–Crippen MR) is 149 cm³/mol. The van der Waals surface area contributed by atoms with E-state index in [-0.39, 0.29) is 6.10 Å². The van der Waals surface area contributed by atoms with Crippen LogP contribution < -0.4 is 0 Å². The minimum absolute atomic E-state index is 0.0533. The van der Waals surface area contributed by atoms with E-state index in [0.717, 1.165) is 55.8 Å². The second-order valence-electron chi connectivity index (χ2n) is 15.4. The van der Waals surface area contributed by atoms with Gasteiger partial charge in [0, 0.05) is 0 Å². The van der Waals surface area contributed by atoms with Crippen LogP contribution in [0.25, 0.3) is 0 Å². The maximum Gasteiger partial charge on any atom is 0.186 e. The van der Waals surface area contributed by atoms with Crippen LogP contribution in [0.3, 0.4) is 0 Å². The Balaban J connectivity index is 1.22. The smallest absolute Gasteiger partial charge is 0.186 e. The van der Waals surface area contributed by atoms with Crippen molar-refractivity contribution < 1.29 is 35.0 Å². The van der Waals surface area contributed by atoms with E-state index in [4.69, 9.17) is 9.47 Å². The summed E-state index contributed by atoms with van der Waals surface area (Å²) in [4.78, 5) is 0.